The summed E-state index contributed by atoms with van der Waals surface area (Å²) in [5, 5.41) is 3.09. The highest BCUT2D eigenvalue weighted by atomic mass is 19.3. The standard InChI is InChI=1S/C10H14FNO/c1-8(7-12-2)9-3-5-10(13-11)6-4-9/h3-6,8,12H,7H2,1-2H3. The van der Waals surface area contributed by atoms with Crippen molar-refractivity contribution in [3.05, 3.63) is 29.8 Å². The molecule has 0 fully saturated rings. The predicted octanol–water partition coefficient (Wildman–Crippen LogP) is 2.27. The normalized spacial score (nSPS) is 12.5. The maximum Gasteiger partial charge on any atom is 0.171 e. The van der Waals surface area contributed by atoms with Crippen LogP contribution in [-0.4, -0.2) is 13.6 Å². The molecule has 1 unspecified atom stereocenters. The molecule has 3 heteroatoms. The van der Waals surface area contributed by atoms with Gasteiger partial charge in [-0.15, -0.1) is 0 Å². The van der Waals surface area contributed by atoms with Crippen LogP contribution < -0.4 is 10.3 Å². The Labute approximate surface area is 77.6 Å². The zero-order chi connectivity index (χ0) is 9.68. The molecule has 1 atom stereocenters. The van der Waals surface area contributed by atoms with Gasteiger partial charge in [0.2, 0.25) is 0 Å². The van der Waals surface area contributed by atoms with Gasteiger partial charge in [0.25, 0.3) is 0 Å². The Bertz CT molecular complexity index is 248. The summed E-state index contributed by atoms with van der Waals surface area (Å²) in [7, 11) is 1.91. The third-order valence-electron chi connectivity index (χ3n) is 2.05. The van der Waals surface area contributed by atoms with E-state index in [0.29, 0.717) is 5.92 Å². The lowest BCUT2D eigenvalue weighted by Crippen LogP contribution is -2.14. The van der Waals surface area contributed by atoms with Gasteiger partial charge in [0.05, 0.1) is 0 Å². The fourth-order valence-electron chi connectivity index (χ4n) is 1.27. The monoisotopic (exact) mass is 183 g/mol. The molecule has 1 N–H and O–H groups in total. The van der Waals surface area contributed by atoms with Crippen molar-refractivity contribution in [3.63, 3.8) is 0 Å². The smallest absolute Gasteiger partial charge is 0.171 e. The fourth-order valence-corrected chi connectivity index (χ4v) is 1.27. The molecule has 0 aromatic heterocycles. The Morgan fingerprint density at radius 3 is 2.46 bits per heavy atom. The first-order valence-electron chi connectivity index (χ1n) is 4.31. The molecule has 0 radical (unpaired) electrons. The topological polar surface area (TPSA) is 21.3 Å². The van der Waals surface area contributed by atoms with Gasteiger partial charge in [-0.2, -0.15) is 0 Å². The average Bonchev–Trinajstić information content (AvgIpc) is 2.18. The average molecular weight is 183 g/mol. The van der Waals surface area contributed by atoms with Gasteiger partial charge in [0, 0.05) is 11.1 Å². The minimum atomic E-state index is 0.250. The molecule has 1 aromatic carbocycles. The van der Waals surface area contributed by atoms with Crippen molar-refractivity contribution >= 4 is 0 Å². The molecular weight excluding hydrogens is 169 g/mol. The van der Waals surface area contributed by atoms with Crippen LogP contribution in [0.4, 0.5) is 4.53 Å². The molecule has 0 heterocycles. The quantitative estimate of drug-likeness (QED) is 0.773. The largest absolute Gasteiger partial charge is 0.319 e. The van der Waals surface area contributed by atoms with Crippen molar-refractivity contribution < 1.29 is 9.47 Å². The van der Waals surface area contributed by atoms with Gasteiger partial charge >= 0.3 is 0 Å². The lowest BCUT2D eigenvalue weighted by atomic mass is 10.0. The summed E-state index contributed by atoms with van der Waals surface area (Å²) in [5.41, 5.74) is 1.18. The summed E-state index contributed by atoms with van der Waals surface area (Å²) in [5.74, 6) is 0.680. The van der Waals surface area contributed by atoms with Crippen LogP contribution >= 0.6 is 0 Å². The van der Waals surface area contributed by atoms with E-state index in [2.05, 4.69) is 17.2 Å². The Kier molecular flexibility index (Phi) is 3.71. The molecule has 13 heavy (non-hydrogen) atoms. The number of rotatable bonds is 4. The Morgan fingerprint density at radius 1 is 1.38 bits per heavy atom. The molecule has 0 aliphatic carbocycles. The second-order valence-electron chi connectivity index (χ2n) is 3.10. The molecule has 72 valence electrons. The van der Waals surface area contributed by atoms with Crippen LogP contribution in [0.3, 0.4) is 0 Å². The molecule has 0 aliphatic rings. The van der Waals surface area contributed by atoms with Gasteiger partial charge in [-0.1, -0.05) is 19.1 Å². The van der Waals surface area contributed by atoms with Gasteiger partial charge in [-0.3, -0.25) is 4.94 Å². The van der Waals surface area contributed by atoms with E-state index >= 15 is 0 Å². The van der Waals surface area contributed by atoms with E-state index in [-0.39, 0.29) is 5.75 Å². The molecule has 2 nitrogen and oxygen atoms in total. The van der Waals surface area contributed by atoms with Crippen molar-refractivity contribution in [2.75, 3.05) is 13.6 Å². The van der Waals surface area contributed by atoms with Crippen LogP contribution in [0.2, 0.25) is 0 Å². The van der Waals surface area contributed by atoms with Crippen LogP contribution in [0.5, 0.6) is 5.75 Å². The maximum absolute atomic E-state index is 11.7. The molecule has 0 bridgehead atoms. The van der Waals surface area contributed by atoms with Gasteiger partial charge in [-0.25, -0.2) is 0 Å². The molecule has 0 saturated carbocycles. The third kappa shape index (κ3) is 2.70. The lowest BCUT2D eigenvalue weighted by molar-refractivity contribution is -0.00622. The van der Waals surface area contributed by atoms with Crippen LogP contribution in [0.15, 0.2) is 24.3 Å². The van der Waals surface area contributed by atoms with Crippen molar-refractivity contribution in [1.29, 1.82) is 0 Å². The highest BCUT2D eigenvalue weighted by Crippen LogP contribution is 2.18. The second-order valence-corrected chi connectivity index (χ2v) is 3.10. The summed E-state index contributed by atoms with van der Waals surface area (Å²) in [4.78, 5) is 3.59. The summed E-state index contributed by atoms with van der Waals surface area (Å²) < 4.78 is 11.7. The van der Waals surface area contributed by atoms with E-state index in [4.69, 9.17) is 0 Å². The number of hydrogen-bond donors (Lipinski definition) is 1. The zero-order valence-electron chi connectivity index (χ0n) is 7.88. The molecule has 1 rings (SSSR count). The van der Waals surface area contributed by atoms with E-state index in [9.17, 15) is 4.53 Å². The molecule has 0 spiro atoms. The Morgan fingerprint density at radius 2 is 2.00 bits per heavy atom. The van der Waals surface area contributed by atoms with E-state index < -0.39 is 0 Å². The first-order valence-corrected chi connectivity index (χ1v) is 4.31. The molecular formula is C10H14FNO. The zero-order valence-corrected chi connectivity index (χ0v) is 7.88. The van der Waals surface area contributed by atoms with Gasteiger partial charge in [0.15, 0.2) is 5.75 Å². The minimum absolute atomic E-state index is 0.250. The highest BCUT2D eigenvalue weighted by Gasteiger charge is 2.03. The van der Waals surface area contributed by atoms with Crippen LogP contribution in [0.1, 0.15) is 18.4 Å². The maximum atomic E-state index is 11.7. The number of hydrogen-bond acceptors (Lipinski definition) is 2. The van der Waals surface area contributed by atoms with Crippen molar-refractivity contribution in [2.24, 2.45) is 0 Å². The fraction of sp³-hybridized carbons (Fsp3) is 0.400. The first-order chi connectivity index (χ1) is 6.27. The number of nitrogens with one attached hydrogen (secondary N) is 1. The highest BCUT2D eigenvalue weighted by molar-refractivity contribution is 5.28. The summed E-state index contributed by atoms with van der Waals surface area (Å²) >= 11 is 0. The van der Waals surface area contributed by atoms with E-state index in [1.807, 2.05) is 19.2 Å². The number of likely N-dealkylation sites (N-methyl/N-ethyl adjacent to an activating group) is 1. The lowest BCUT2D eigenvalue weighted by Gasteiger charge is -2.10. The van der Waals surface area contributed by atoms with E-state index in [1.165, 1.54) is 5.56 Å². The first kappa shape index (κ1) is 9.99. The Hall–Kier alpha value is -1.09. The van der Waals surface area contributed by atoms with Gasteiger partial charge < -0.3 is 5.32 Å². The molecule has 0 saturated heterocycles. The van der Waals surface area contributed by atoms with Crippen LogP contribution in [-0.2, 0) is 0 Å². The minimum Gasteiger partial charge on any atom is -0.319 e. The summed E-state index contributed by atoms with van der Waals surface area (Å²) in [6, 6.07) is 7.00. The summed E-state index contributed by atoms with van der Waals surface area (Å²) in [6.07, 6.45) is 0. The number of benzene rings is 1. The van der Waals surface area contributed by atoms with Crippen molar-refractivity contribution in [2.45, 2.75) is 12.8 Å². The molecule has 0 aliphatic heterocycles. The molecule has 1 aromatic rings. The third-order valence-corrected chi connectivity index (χ3v) is 2.05. The van der Waals surface area contributed by atoms with Gasteiger partial charge in [-0.05, 0) is 30.7 Å². The SMILES string of the molecule is CNCC(C)c1ccc(OF)cc1. The van der Waals surface area contributed by atoms with Gasteiger partial charge in [0.1, 0.15) is 0 Å². The predicted molar refractivity (Wildman–Crippen MR) is 50.5 cm³/mol. The van der Waals surface area contributed by atoms with Crippen molar-refractivity contribution in [3.8, 4) is 5.75 Å². The van der Waals surface area contributed by atoms with Crippen molar-refractivity contribution in [1.82, 2.24) is 5.32 Å². The van der Waals surface area contributed by atoms with Crippen LogP contribution in [0, 0.1) is 0 Å². The second kappa shape index (κ2) is 4.82. The number of halogens is 1. The van der Waals surface area contributed by atoms with E-state index in [0.717, 1.165) is 6.54 Å². The van der Waals surface area contributed by atoms with Crippen LogP contribution in [0.25, 0.3) is 0 Å². The summed E-state index contributed by atoms with van der Waals surface area (Å²) in [6.45, 7) is 3.03. The molecule has 0 amide bonds. The van der Waals surface area contributed by atoms with E-state index in [1.54, 1.807) is 12.1 Å². The Balaban J connectivity index is 2.67.